The number of benzene rings is 1. The van der Waals surface area contributed by atoms with Crippen molar-refractivity contribution in [3.05, 3.63) is 29.6 Å². The van der Waals surface area contributed by atoms with Gasteiger partial charge in [0.1, 0.15) is 0 Å². The van der Waals surface area contributed by atoms with E-state index in [4.69, 9.17) is 10.3 Å². The average molecular weight is 271 g/mol. The predicted molar refractivity (Wildman–Crippen MR) is 63.2 cm³/mol. The van der Waals surface area contributed by atoms with Gasteiger partial charge in [-0.05, 0) is 18.2 Å². The van der Waals surface area contributed by atoms with Crippen molar-refractivity contribution in [1.29, 1.82) is 0 Å². The number of nitrogens with zero attached hydrogens (tertiary/aromatic N) is 2. The first-order valence-corrected chi connectivity index (χ1v) is 5.59. The Balaban J connectivity index is 2.40. The molecule has 1 aromatic heterocycles. The summed E-state index contributed by atoms with van der Waals surface area (Å²) in [5, 5.41) is 3.74. The zero-order valence-electron chi connectivity index (χ0n) is 10.3. The Bertz CT molecular complexity index is 590. The quantitative estimate of drug-likeness (QED) is 0.849. The molecule has 0 spiro atoms. The monoisotopic (exact) mass is 271 g/mol. The molecular formula is C12H12F3N3O. The molecule has 0 saturated carbocycles. The van der Waals surface area contributed by atoms with E-state index in [9.17, 15) is 13.2 Å². The van der Waals surface area contributed by atoms with Gasteiger partial charge in [0.25, 0.3) is 5.89 Å². The van der Waals surface area contributed by atoms with Crippen molar-refractivity contribution in [3.8, 4) is 11.5 Å². The molecule has 4 nitrogen and oxygen atoms in total. The number of aromatic nitrogens is 2. The first-order chi connectivity index (χ1) is 8.79. The van der Waals surface area contributed by atoms with Crippen molar-refractivity contribution in [3.63, 3.8) is 0 Å². The fourth-order valence-electron chi connectivity index (χ4n) is 1.51. The summed E-state index contributed by atoms with van der Waals surface area (Å²) in [5.41, 5.74) is 5.05. The first kappa shape index (κ1) is 13.4. The number of nitrogen functional groups attached to an aromatic ring is 1. The van der Waals surface area contributed by atoms with E-state index in [0.717, 1.165) is 12.1 Å². The minimum absolute atomic E-state index is 0.0474. The molecule has 0 bridgehead atoms. The van der Waals surface area contributed by atoms with Crippen LogP contribution < -0.4 is 5.73 Å². The minimum Gasteiger partial charge on any atom is -0.398 e. The lowest BCUT2D eigenvalue weighted by molar-refractivity contribution is -0.137. The summed E-state index contributed by atoms with van der Waals surface area (Å²) in [5.74, 6) is 0.664. The fraction of sp³-hybridized carbons (Fsp3) is 0.333. The molecule has 2 N–H and O–H groups in total. The molecule has 0 fully saturated rings. The van der Waals surface area contributed by atoms with Gasteiger partial charge in [-0.2, -0.15) is 18.2 Å². The largest absolute Gasteiger partial charge is 0.416 e. The summed E-state index contributed by atoms with van der Waals surface area (Å²) in [6, 6.07) is 3.02. The van der Waals surface area contributed by atoms with Gasteiger partial charge in [0, 0.05) is 11.6 Å². The van der Waals surface area contributed by atoms with Gasteiger partial charge in [-0.15, -0.1) is 0 Å². The smallest absolute Gasteiger partial charge is 0.398 e. The highest BCUT2D eigenvalue weighted by molar-refractivity contribution is 5.71. The highest BCUT2D eigenvalue weighted by Gasteiger charge is 2.31. The zero-order valence-corrected chi connectivity index (χ0v) is 10.3. The summed E-state index contributed by atoms with van der Waals surface area (Å²) in [7, 11) is 0. The Morgan fingerprint density at radius 3 is 2.42 bits per heavy atom. The van der Waals surface area contributed by atoms with Crippen molar-refractivity contribution >= 4 is 5.69 Å². The fourth-order valence-corrected chi connectivity index (χ4v) is 1.51. The van der Waals surface area contributed by atoms with E-state index in [-0.39, 0.29) is 17.5 Å². The van der Waals surface area contributed by atoms with Crippen LogP contribution in [0.25, 0.3) is 11.5 Å². The Morgan fingerprint density at radius 2 is 1.95 bits per heavy atom. The SMILES string of the molecule is CC(C)c1noc(-c2ccc(C(F)(F)F)cc2N)n1. The third-order valence-corrected chi connectivity index (χ3v) is 2.57. The normalized spacial score (nSPS) is 12.1. The second-order valence-electron chi connectivity index (χ2n) is 4.41. The topological polar surface area (TPSA) is 64.9 Å². The molecule has 0 aliphatic heterocycles. The van der Waals surface area contributed by atoms with E-state index >= 15 is 0 Å². The van der Waals surface area contributed by atoms with Crippen molar-refractivity contribution in [2.75, 3.05) is 5.73 Å². The van der Waals surface area contributed by atoms with E-state index in [1.165, 1.54) is 6.07 Å². The van der Waals surface area contributed by atoms with Crippen LogP contribution in [0.4, 0.5) is 18.9 Å². The van der Waals surface area contributed by atoms with Crippen LogP contribution in [0.5, 0.6) is 0 Å². The minimum atomic E-state index is -4.43. The first-order valence-electron chi connectivity index (χ1n) is 5.59. The Labute approximate surface area is 107 Å². The van der Waals surface area contributed by atoms with Crippen LogP contribution in [0.1, 0.15) is 31.2 Å². The molecule has 2 aromatic rings. The number of anilines is 1. The molecule has 102 valence electrons. The van der Waals surface area contributed by atoms with E-state index in [1.807, 2.05) is 13.8 Å². The van der Waals surface area contributed by atoms with Gasteiger partial charge in [0.15, 0.2) is 5.82 Å². The van der Waals surface area contributed by atoms with Crippen molar-refractivity contribution in [1.82, 2.24) is 10.1 Å². The molecule has 0 atom stereocenters. The summed E-state index contributed by atoms with van der Waals surface area (Å²) >= 11 is 0. The highest BCUT2D eigenvalue weighted by atomic mass is 19.4. The summed E-state index contributed by atoms with van der Waals surface area (Å²) in [6.07, 6.45) is -4.43. The van der Waals surface area contributed by atoms with Crippen LogP contribution in [0, 0.1) is 0 Å². The Kier molecular flexibility index (Phi) is 3.21. The molecule has 0 aliphatic carbocycles. The van der Waals surface area contributed by atoms with E-state index in [2.05, 4.69) is 10.1 Å². The number of hydrogen-bond donors (Lipinski definition) is 1. The zero-order chi connectivity index (χ0) is 14.2. The van der Waals surface area contributed by atoms with Crippen LogP contribution in [-0.4, -0.2) is 10.1 Å². The van der Waals surface area contributed by atoms with Crippen LogP contribution in [-0.2, 0) is 6.18 Å². The van der Waals surface area contributed by atoms with Gasteiger partial charge in [-0.3, -0.25) is 0 Å². The van der Waals surface area contributed by atoms with E-state index < -0.39 is 11.7 Å². The molecular weight excluding hydrogens is 259 g/mol. The standard InChI is InChI=1S/C12H12F3N3O/c1-6(2)10-17-11(19-18-10)8-4-3-7(5-9(8)16)12(13,14)15/h3-6H,16H2,1-2H3. The van der Waals surface area contributed by atoms with Gasteiger partial charge in [-0.1, -0.05) is 19.0 Å². The molecule has 7 heteroatoms. The van der Waals surface area contributed by atoms with E-state index in [0.29, 0.717) is 11.4 Å². The second kappa shape index (κ2) is 4.56. The maximum absolute atomic E-state index is 12.5. The molecule has 0 unspecified atom stereocenters. The maximum atomic E-state index is 12.5. The van der Waals surface area contributed by atoms with Crippen LogP contribution in [0.3, 0.4) is 0 Å². The van der Waals surface area contributed by atoms with Gasteiger partial charge >= 0.3 is 6.18 Å². The average Bonchev–Trinajstić information content (AvgIpc) is 2.76. The lowest BCUT2D eigenvalue weighted by Gasteiger charge is -2.08. The highest BCUT2D eigenvalue weighted by Crippen LogP contribution is 2.34. The van der Waals surface area contributed by atoms with Gasteiger partial charge in [-0.25, -0.2) is 0 Å². The Hall–Kier alpha value is -2.05. The Morgan fingerprint density at radius 1 is 1.26 bits per heavy atom. The number of halogens is 3. The van der Waals surface area contributed by atoms with Gasteiger partial charge in [0.05, 0.1) is 11.1 Å². The van der Waals surface area contributed by atoms with E-state index in [1.54, 1.807) is 0 Å². The molecule has 0 aliphatic rings. The van der Waals surface area contributed by atoms with Crippen molar-refractivity contribution < 1.29 is 17.7 Å². The molecule has 1 heterocycles. The van der Waals surface area contributed by atoms with Crippen LogP contribution in [0.2, 0.25) is 0 Å². The van der Waals surface area contributed by atoms with Crippen molar-refractivity contribution in [2.45, 2.75) is 25.9 Å². The molecule has 1 aromatic carbocycles. The summed E-state index contributed by atoms with van der Waals surface area (Å²) in [6.45, 7) is 3.76. The molecule has 19 heavy (non-hydrogen) atoms. The summed E-state index contributed by atoms with van der Waals surface area (Å²) < 4.78 is 42.5. The van der Waals surface area contributed by atoms with Gasteiger partial charge < -0.3 is 10.3 Å². The third kappa shape index (κ3) is 2.69. The second-order valence-corrected chi connectivity index (χ2v) is 4.41. The predicted octanol–water partition coefficient (Wildman–Crippen LogP) is 3.46. The summed E-state index contributed by atoms with van der Waals surface area (Å²) in [4.78, 5) is 4.09. The number of alkyl halides is 3. The molecule has 0 saturated heterocycles. The molecule has 0 amide bonds. The lowest BCUT2D eigenvalue weighted by Crippen LogP contribution is -2.06. The van der Waals surface area contributed by atoms with Crippen LogP contribution >= 0.6 is 0 Å². The molecule has 2 rings (SSSR count). The van der Waals surface area contributed by atoms with Crippen LogP contribution in [0.15, 0.2) is 22.7 Å². The third-order valence-electron chi connectivity index (χ3n) is 2.57. The molecule has 0 radical (unpaired) electrons. The van der Waals surface area contributed by atoms with Gasteiger partial charge in [0.2, 0.25) is 0 Å². The lowest BCUT2D eigenvalue weighted by atomic mass is 10.1. The maximum Gasteiger partial charge on any atom is 0.416 e. The number of nitrogens with two attached hydrogens (primary N) is 1. The van der Waals surface area contributed by atoms with Crippen molar-refractivity contribution in [2.24, 2.45) is 0 Å². The number of hydrogen-bond acceptors (Lipinski definition) is 4. The number of rotatable bonds is 2.